The van der Waals surface area contributed by atoms with Crippen molar-refractivity contribution in [2.75, 3.05) is 0 Å². The predicted molar refractivity (Wildman–Crippen MR) is 165 cm³/mol. The molecule has 0 amide bonds. The quantitative estimate of drug-likeness (QED) is 0.138. The van der Waals surface area contributed by atoms with Gasteiger partial charge < -0.3 is 0 Å². The third-order valence-electron chi connectivity index (χ3n) is 6.04. The van der Waals surface area contributed by atoms with Crippen molar-refractivity contribution in [3.63, 3.8) is 0 Å². The molecule has 0 saturated heterocycles. The number of fused-ring (bicyclic) bond motifs is 2. The number of para-hydroxylation sites is 1. The second-order valence-electron chi connectivity index (χ2n) is 9.07. The first-order chi connectivity index (χ1) is 18.5. The Balaban J connectivity index is 0.00000107. The number of hydrogen-bond donors (Lipinski definition) is 0. The van der Waals surface area contributed by atoms with Crippen LogP contribution in [0.4, 0.5) is 5.82 Å². The first kappa shape index (κ1) is 26.4. The summed E-state index contributed by atoms with van der Waals surface area (Å²) in [4.78, 5) is 14.0. The van der Waals surface area contributed by atoms with Crippen molar-refractivity contribution >= 4 is 38.8 Å². The maximum Gasteiger partial charge on any atom is 0.154 e. The van der Waals surface area contributed by atoms with E-state index in [1.165, 1.54) is 10.8 Å². The summed E-state index contributed by atoms with van der Waals surface area (Å²) >= 11 is 0. The Labute approximate surface area is 225 Å². The Morgan fingerprint density at radius 2 is 1.58 bits per heavy atom. The number of aromatic nitrogens is 2. The molecule has 3 aromatic carbocycles. The van der Waals surface area contributed by atoms with E-state index in [1.54, 1.807) is 12.3 Å². The standard InChI is InChI=1S/C32H27N3.C3H6/c1-4-8-25(19-23(3)34-32-22(2)9-7-18-33-32)26-12-13-28-21-29(15-14-27(28)20-26)31-17-16-24-10-5-6-11-30(24)35-31;1-3-2/h4-21H,1-3H3;3H,1H2,2H3/b8-4-,25-19+,34-23+;. The topological polar surface area (TPSA) is 38.1 Å². The molecular formula is C35H33N3. The van der Waals surface area contributed by atoms with Crippen LogP contribution < -0.4 is 0 Å². The monoisotopic (exact) mass is 495 g/mol. The highest BCUT2D eigenvalue weighted by Gasteiger charge is 2.06. The van der Waals surface area contributed by atoms with E-state index in [4.69, 9.17) is 9.98 Å². The largest absolute Gasteiger partial charge is 0.248 e. The Morgan fingerprint density at radius 3 is 2.37 bits per heavy atom. The van der Waals surface area contributed by atoms with Crippen LogP contribution in [0.1, 0.15) is 31.9 Å². The minimum atomic E-state index is 0.759. The SMILES string of the molecule is C=CC.C\C=C/C(=C\C(C)=N\c1ncccc1C)c1ccc2cc(-c3ccc4ccccc4n3)ccc2c1. The third-order valence-corrected chi connectivity index (χ3v) is 6.04. The van der Waals surface area contributed by atoms with Gasteiger partial charge in [-0.1, -0.05) is 72.8 Å². The molecule has 0 radical (unpaired) electrons. The van der Waals surface area contributed by atoms with Crippen LogP contribution in [0.2, 0.25) is 0 Å². The Morgan fingerprint density at radius 1 is 0.842 bits per heavy atom. The average Bonchev–Trinajstić information content (AvgIpc) is 2.93. The molecule has 2 aromatic heterocycles. The maximum atomic E-state index is 4.86. The van der Waals surface area contributed by atoms with Crippen LogP contribution in [0, 0.1) is 6.92 Å². The highest BCUT2D eigenvalue weighted by Crippen LogP contribution is 2.28. The first-order valence-electron chi connectivity index (χ1n) is 12.8. The molecule has 3 heteroatoms. The van der Waals surface area contributed by atoms with Gasteiger partial charge >= 0.3 is 0 Å². The number of pyridine rings is 2. The first-order valence-corrected chi connectivity index (χ1v) is 12.8. The molecule has 0 aliphatic heterocycles. The molecule has 5 rings (SSSR count). The lowest BCUT2D eigenvalue weighted by Crippen LogP contribution is -1.91. The lowest BCUT2D eigenvalue weighted by Gasteiger charge is -2.08. The van der Waals surface area contributed by atoms with Gasteiger partial charge in [0.1, 0.15) is 0 Å². The van der Waals surface area contributed by atoms with Crippen molar-refractivity contribution in [1.29, 1.82) is 0 Å². The molecule has 188 valence electrons. The van der Waals surface area contributed by atoms with Crippen molar-refractivity contribution in [2.45, 2.75) is 27.7 Å². The van der Waals surface area contributed by atoms with E-state index in [2.05, 4.69) is 90.5 Å². The molecule has 0 unspecified atom stereocenters. The number of nitrogens with zero attached hydrogens (tertiary/aromatic N) is 3. The van der Waals surface area contributed by atoms with Gasteiger partial charge in [-0.2, -0.15) is 0 Å². The average molecular weight is 496 g/mol. The van der Waals surface area contributed by atoms with E-state index in [1.807, 2.05) is 52.0 Å². The van der Waals surface area contributed by atoms with E-state index in [-0.39, 0.29) is 0 Å². The van der Waals surface area contributed by atoms with E-state index in [0.29, 0.717) is 0 Å². The fraction of sp³-hybridized carbons (Fsp3) is 0.114. The van der Waals surface area contributed by atoms with Gasteiger partial charge in [-0.05, 0) is 91.6 Å². The number of aryl methyl sites for hydroxylation is 1. The lowest BCUT2D eigenvalue weighted by atomic mass is 9.98. The minimum Gasteiger partial charge on any atom is -0.248 e. The third kappa shape index (κ3) is 6.37. The van der Waals surface area contributed by atoms with Gasteiger partial charge in [-0.15, -0.1) is 6.58 Å². The summed E-state index contributed by atoms with van der Waals surface area (Å²) in [5.74, 6) is 0.759. The molecule has 38 heavy (non-hydrogen) atoms. The van der Waals surface area contributed by atoms with E-state index >= 15 is 0 Å². The molecule has 0 aliphatic rings. The van der Waals surface area contributed by atoms with Gasteiger partial charge in [0.25, 0.3) is 0 Å². The molecule has 5 aromatic rings. The molecule has 2 heterocycles. The summed E-state index contributed by atoms with van der Waals surface area (Å²) in [6.45, 7) is 11.3. The number of benzene rings is 3. The fourth-order valence-corrected chi connectivity index (χ4v) is 4.24. The van der Waals surface area contributed by atoms with E-state index in [0.717, 1.165) is 50.4 Å². The van der Waals surface area contributed by atoms with Gasteiger partial charge in [0.2, 0.25) is 0 Å². The van der Waals surface area contributed by atoms with Crippen LogP contribution in [-0.2, 0) is 0 Å². The molecule has 0 bridgehead atoms. The normalized spacial score (nSPS) is 12.0. The molecule has 3 nitrogen and oxygen atoms in total. The van der Waals surface area contributed by atoms with Crippen LogP contribution in [-0.4, -0.2) is 15.7 Å². The van der Waals surface area contributed by atoms with Crippen molar-refractivity contribution < 1.29 is 0 Å². The van der Waals surface area contributed by atoms with Gasteiger partial charge in [0.05, 0.1) is 11.2 Å². The highest BCUT2D eigenvalue weighted by molar-refractivity contribution is 6.03. The summed E-state index contributed by atoms with van der Waals surface area (Å²) in [6.07, 6.45) is 9.83. The molecule has 0 aliphatic carbocycles. The minimum absolute atomic E-state index is 0.759. The van der Waals surface area contributed by atoms with Crippen LogP contribution in [0.3, 0.4) is 0 Å². The molecule has 0 N–H and O–H groups in total. The zero-order valence-corrected chi connectivity index (χ0v) is 22.5. The summed E-state index contributed by atoms with van der Waals surface area (Å²) in [6, 6.07) is 29.5. The van der Waals surface area contributed by atoms with Crippen molar-refractivity contribution in [1.82, 2.24) is 9.97 Å². The molecule has 0 atom stereocenters. The zero-order valence-electron chi connectivity index (χ0n) is 22.5. The van der Waals surface area contributed by atoms with Crippen molar-refractivity contribution in [3.8, 4) is 11.3 Å². The summed E-state index contributed by atoms with van der Waals surface area (Å²) in [5, 5.41) is 3.54. The fourth-order valence-electron chi connectivity index (χ4n) is 4.24. The van der Waals surface area contributed by atoms with Crippen molar-refractivity contribution in [2.24, 2.45) is 4.99 Å². The second-order valence-corrected chi connectivity index (χ2v) is 9.07. The van der Waals surface area contributed by atoms with Gasteiger partial charge in [-0.25, -0.2) is 15.0 Å². The number of aliphatic imine (C=N–C) groups is 1. The maximum absolute atomic E-state index is 4.86. The van der Waals surface area contributed by atoms with Gasteiger partial charge in [0, 0.05) is 22.9 Å². The molecular weight excluding hydrogens is 462 g/mol. The summed E-state index contributed by atoms with van der Waals surface area (Å²) in [7, 11) is 0. The Hall–Kier alpha value is -4.63. The molecule has 0 saturated carbocycles. The van der Waals surface area contributed by atoms with E-state index in [9.17, 15) is 0 Å². The second kappa shape index (κ2) is 12.6. The van der Waals surface area contributed by atoms with Crippen molar-refractivity contribution in [3.05, 3.63) is 133 Å². The predicted octanol–water partition coefficient (Wildman–Crippen LogP) is 9.70. The Bertz CT molecular complexity index is 1670. The van der Waals surface area contributed by atoms with Crippen LogP contribution in [0.5, 0.6) is 0 Å². The number of hydrogen-bond acceptors (Lipinski definition) is 3. The highest BCUT2D eigenvalue weighted by atomic mass is 14.9. The zero-order chi connectivity index (χ0) is 26.9. The van der Waals surface area contributed by atoms with E-state index < -0.39 is 0 Å². The Kier molecular flexibility index (Phi) is 8.73. The van der Waals surface area contributed by atoms with Crippen LogP contribution in [0.15, 0.2) is 127 Å². The molecule has 0 spiro atoms. The lowest BCUT2D eigenvalue weighted by molar-refractivity contribution is 1.22. The smallest absolute Gasteiger partial charge is 0.154 e. The molecule has 0 fully saturated rings. The van der Waals surface area contributed by atoms with Gasteiger partial charge in [-0.3, -0.25) is 0 Å². The van der Waals surface area contributed by atoms with Gasteiger partial charge in [0.15, 0.2) is 5.82 Å². The number of allylic oxidation sites excluding steroid dienone is 5. The summed E-state index contributed by atoms with van der Waals surface area (Å²) in [5.41, 5.74) is 7.37. The van der Waals surface area contributed by atoms with Crippen LogP contribution in [0.25, 0.3) is 38.5 Å². The van der Waals surface area contributed by atoms with Crippen LogP contribution >= 0.6 is 0 Å². The summed E-state index contributed by atoms with van der Waals surface area (Å²) < 4.78 is 0. The number of rotatable bonds is 5.